The maximum atomic E-state index is 5.69. The highest BCUT2D eigenvalue weighted by atomic mass is 16.5. The molecular weight excluding hydrogens is 222 g/mol. The minimum absolute atomic E-state index is 0.585. The van der Waals surface area contributed by atoms with Gasteiger partial charge in [0.25, 0.3) is 0 Å². The third kappa shape index (κ3) is 2.12. The summed E-state index contributed by atoms with van der Waals surface area (Å²) in [6.07, 6.45) is 2.22. The van der Waals surface area contributed by atoms with Crippen molar-refractivity contribution in [2.45, 2.75) is 19.4 Å². The Kier molecular flexibility index (Phi) is 3.03. The van der Waals surface area contributed by atoms with Gasteiger partial charge in [-0.1, -0.05) is 24.3 Å². The van der Waals surface area contributed by atoms with Gasteiger partial charge in [0.2, 0.25) is 0 Å². The fourth-order valence-electron chi connectivity index (χ4n) is 2.42. The molecule has 0 saturated carbocycles. The van der Waals surface area contributed by atoms with Gasteiger partial charge in [-0.15, -0.1) is 0 Å². The number of fused-ring (bicyclic) bond motifs is 1. The lowest BCUT2D eigenvalue weighted by Crippen LogP contribution is -2.08. The zero-order valence-electron chi connectivity index (χ0n) is 10.4. The van der Waals surface area contributed by atoms with E-state index in [2.05, 4.69) is 42.5 Å². The van der Waals surface area contributed by atoms with Crippen molar-refractivity contribution in [2.75, 3.05) is 6.61 Å². The van der Waals surface area contributed by atoms with Gasteiger partial charge in [-0.05, 0) is 53.3 Å². The molecule has 0 aromatic heterocycles. The average molecular weight is 239 g/mol. The third-order valence-electron chi connectivity index (χ3n) is 3.40. The largest absolute Gasteiger partial charge is 0.493 e. The van der Waals surface area contributed by atoms with Crippen LogP contribution in [0, 0.1) is 0 Å². The van der Waals surface area contributed by atoms with E-state index in [0.717, 1.165) is 25.2 Å². The Labute approximate surface area is 107 Å². The number of rotatable bonds is 2. The maximum absolute atomic E-state index is 5.69. The fraction of sp³-hybridized carbons (Fsp3) is 0.250. The molecular formula is C16H17NO. The van der Waals surface area contributed by atoms with Crippen molar-refractivity contribution < 1.29 is 4.74 Å². The molecule has 2 aromatic rings. The van der Waals surface area contributed by atoms with E-state index in [1.54, 1.807) is 0 Å². The van der Waals surface area contributed by atoms with Crippen molar-refractivity contribution >= 4 is 0 Å². The summed E-state index contributed by atoms with van der Waals surface area (Å²) in [7, 11) is 0. The molecule has 0 fully saturated rings. The SMILES string of the molecule is NCc1cccc(-c2ccc3c(c2)CCCO3)c1. The van der Waals surface area contributed by atoms with Gasteiger partial charge in [0.1, 0.15) is 5.75 Å². The van der Waals surface area contributed by atoms with Crippen molar-refractivity contribution in [2.24, 2.45) is 5.73 Å². The molecule has 3 rings (SSSR count). The Morgan fingerprint density at radius 2 is 1.94 bits per heavy atom. The topological polar surface area (TPSA) is 35.2 Å². The van der Waals surface area contributed by atoms with Crippen LogP contribution in [0.5, 0.6) is 5.75 Å². The molecule has 2 aromatic carbocycles. The van der Waals surface area contributed by atoms with Gasteiger partial charge in [-0.25, -0.2) is 0 Å². The Morgan fingerprint density at radius 1 is 1.06 bits per heavy atom. The fourth-order valence-corrected chi connectivity index (χ4v) is 2.42. The van der Waals surface area contributed by atoms with Gasteiger partial charge < -0.3 is 10.5 Å². The first-order valence-corrected chi connectivity index (χ1v) is 6.42. The van der Waals surface area contributed by atoms with E-state index in [-0.39, 0.29) is 0 Å². The normalized spacial score (nSPS) is 13.8. The second-order valence-corrected chi connectivity index (χ2v) is 4.68. The van der Waals surface area contributed by atoms with E-state index in [1.165, 1.54) is 22.3 Å². The predicted molar refractivity (Wildman–Crippen MR) is 73.6 cm³/mol. The van der Waals surface area contributed by atoms with Crippen molar-refractivity contribution in [3.05, 3.63) is 53.6 Å². The molecule has 0 saturated heterocycles. The highest BCUT2D eigenvalue weighted by Gasteiger charge is 2.11. The second-order valence-electron chi connectivity index (χ2n) is 4.68. The molecule has 0 aliphatic carbocycles. The minimum Gasteiger partial charge on any atom is -0.493 e. The Morgan fingerprint density at radius 3 is 2.83 bits per heavy atom. The zero-order chi connectivity index (χ0) is 12.4. The van der Waals surface area contributed by atoms with E-state index in [1.807, 2.05) is 0 Å². The highest BCUT2D eigenvalue weighted by Crippen LogP contribution is 2.30. The standard InChI is InChI=1S/C16H17NO/c17-11-12-3-1-4-13(9-12)14-6-7-16-15(10-14)5-2-8-18-16/h1,3-4,6-7,9-10H,2,5,8,11,17H2. The summed E-state index contributed by atoms with van der Waals surface area (Å²) in [6.45, 7) is 1.43. The summed E-state index contributed by atoms with van der Waals surface area (Å²) in [5.41, 5.74) is 10.6. The monoisotopic (exact) mass is 239 g/mol. The lowest BCUT2D eigenvalue weighted by Gasteiger charge is -2.18. The predicted octanol–water partition coefficient (Wildman–Crippen LogP) is 3.14. The molecule has 2 heteroatoms. The number of nitrogens with two attached hydrogens (primary N) is 1. The van der Waals surface area contributed by atoms with E-state index in [0.29, 0.717) is 6.54 Å². The van der Waals surface area contributed by atoms with Crippen LogP contribution in [-0.4, -0.2) is 6.61 Å². The van der Waals surface area contributed by atoms with E-state index in [9.17, 15) is 0 Å². The number of aryl methyl sites for hydroxylation is 1. The van der Waals surface area contributed by atoms with E-state index in [4.69, 9.17) is 10.5 Å². The van der Waals surface area contributed by atoms with Crippen molar-refractivity contribution in [3.8, 4) is 16.9 Å². The Balaban J connectivity index is 2.00. The summed E-state index contributed by atoms with van der Waals surface area (Å²) in [4.78, 5) is 0. The van der Waals surface area contributed by atoms with Crippen LogP contribution in [0.1, 0.15) is 17.5 Å². The molecule has 0 radical (unpaired) electrons. The number of ether oxygens (including phenoxy) is 1. The molecule has 1 aliphatic rings. The van der Waals surface area contributed by atoms with Crippen LogP contribution in [0.15, 0.2) is 42.5 Å². The van der Waals surface area contributed by atoms with E-state index >= 15 is 0 Å². The van der Waals surface area contributed by atoms with Gasteiger partial charge in [0.05, 0.1) is 6.61 Å². The van der Waals surface area contributed by atoms with Gasteiger partial charge in [-0.2, -0.15) is 0 Å². The summed E-state index contributed by atoms with van der Waals surface area (Å²) in [5.74, 6) is 1.04. The van der Waals surface area contributed by atoms with Crippen LogP contribution in [0.3, 0.4) is 0 Å². The number of benzene rings is 2. The molecule has 0 amide bonds. The van der Waals surface area contributed by atoms with Crippen molar-refractivity contribution in [1.29, 1.82) is 0 Å². The molecule has 0 unspecified atom stereocenters. The summed E-state index contributed by atoms with van der Waals surface area (Å²) in [6, 6.07) is 14.9. The highest BCUT2D eigenvalue weighted by molar-refractivity contribution is 5.66. The lowest BCUT2D eigenvalue weighted by atomic mass is 9.98. The van der Waals surface area contributed by atoms with Crippen LogP contribution in [0.4, 0.5) is 0 Å². The lowest BCUT2D eigenvalue weighted by molar-refractivity contribution is 0.288. The van der Waals surface area contributed by atoms with Gasteiger partial charge in [0, 0.05) is 6.54 Å². The average Bonchev–Trinajstić information content (AvgIpc) is 2.47. The molecule has 0 atom stereocenters. The summed E-state index contributed by atoms with van der Waals surface area (Å²) >= 11 is 0. The molecule has 1 heterocycles. The van der Waals surface area contributed by atoms with Gasteiger partial charge in [0.15, 0.2) is 0 Å². The van der Waals surface area contributed by atoms with Gasteiger partial charge in [-0.3, -0.25) is 0 Å². The summed E-state index contributed by atoms with van der Waals surface area (Å²) < 4.78 is 5.64. The van der Waals surface area contributed by atoms with Crippen LogP contribution < -0.4 is 10.5 Å². The molecule has 92 valence electrons. The third-order valence-corrected chi connectivity index (χ3v) is 3.40. The molecule has 0 spiro atoms. The van der Waals surface area contributed by atoms with Crippen LogP contribution >= 0.6 is 0 Å². The zero-order valence-corrected chi connectivity index (χ0v) is 10.4. The number of hydrogen-bond acceptors (Lipinski definition) is 2. The van der Waals surface area contributed by atoms with Crippen LogP contribution in [0.25, 0.3) is 11.1 Å². The van der Waals surface area contributed by atoms with Crippen LogP contribution in [-0.2, 0) is 13.0 Å². The molecule has 0 bridgehead atoms. The smallest absolute Gasteiger partial charge is 0.122 e. The van der Waals surface area contributed by atoms with E-state index < -0.39 is 0 Å². The Hall–Kier alpha value is -1.80. The first-order chi connectivity index (χ1) is 8.86. The second kappa shape index (κ2) is 4.83. The molecule has 18 heavy (non-hydrogen) atoms. The first-order valence-electron chi connectivity index (χ1n) is 6.42. The first kappa shape index (κ1) is 11.3. The quantitative estimate of drug-likeness (QED) is 0.873. The van der Waals surface area contributed by atoms with Crippen molar-refractivity contribution in [3.63, 3.8) is 0 Å². The van der Waals surface area contributed by atoms with Gasteiger partial charge >= 0.3 is 0 Å². The minimum atomic E-state index is 0.585. The van der Waals surface area contributed by atoms with Crippen LogP contribution in [0.2, 0.25) is 0 Å². The molecule has 2 nitrogen and oxygen atoms in total. The van der Waals surface area contributed by atoms with Crippen molar-refractivity contribution in [1.82, 2.24) is 0 Å². The molecule has 2 N–H and O–H groups in total. The Bertz CT molecular complexity index is 563. The summed E-state index contributed by atoms with van der Waals surface area (Å²) in [5, 5.41) is 0. The molecule has 1 aliphatic heterocycles. The number of hydrogen-bond donors (Lipinski definition) is 1. The maximum Gasteiger partial charge on any atom is 0.122 e.